The standard InChI is InChI=1S/C8H11F3N4OS/c1-3(2)4(5(12)16)13-7-15-14-6(17-7)8(9,10)11/h3-4H,1-2H3,(H2,12,16)(H,13,15). The van der Waals surface area contributed by atoms with Crippen LogP contribution in [0, 0.1) is 5.92 Å². The molecular weight excluding hydrogens is 257 g/mol. The fourth-order valence-electron chi connectivity index (χ4n) is 1.10. The first-order valence-electron chi connectivity index (χ1n) is 4.68. The molecule has 1 unspecified atom stereocenters. The van der Waals surface area contributed by atoms with Crippen molar-refractivity contribution in [3.63, 3.8) is 0 Å². The zero-order valence-electron chi connectivity index (χ0n) is 9.08. The molecule has 0 aromatic carbocycles. The van der Waals surface area contributed by atoms with Crippen LogP contribution in [0.15, 0.2) is 0 Å². The average Bonchev–Trinajstić information content (AvgIpc) is 2.60. The van der Waals surface area contributed by atoms with Gasteiger partial charge in [0.15, 0.2) is 0 Å². The molecule has 0 spiro atoms. The summed E-state index contributed by atoms with van der Waals surface area (Å²) in [6, 6.07) is -0.774. The zero-order valence-corrected chi connectivity index (χ0v) is 9.89. The van der Waals surface area contributed by atoms with E-state index in [0.29, 0.717) is 11.3 Å². The van der Waals surface area contributed by atoms with Gasteiger partial charge in [0.05, 0.1) is 0 Å². The van der Waals surface area contributed by atoms with E-state index in [2.05, 4.69) is 15.5 Å². The van der Waals surface area contributed by atoms with Gasteiger partial charge in [-0.1, -0.05) is 25.2 Å². The second-order valence-electron chi connectivity index (χ2n) is 3.68. The molecule has 17 heavy (non-hydrogen) atoms. The van der Waals surface area contributed by atoms with Crippen molar-refractivity contribution in [2.45, 2.75) is 26.1 Å². The SMILES string of the molecule is CC(C)C(Nc1nnc(C(F)(F)F)s1)C(N)=O. The molecule has 0 radical (unpaired) electrons. The number of nitrogens with zero attached hydrogens (tertiary/aromatic N) is 2. The van der Waals surface area contributed by atoms with Crippen LogP contribution in [0.25, 0.3) is 0 Å². The van der Waals surface area contributed by atoms with E-state index < -0.39 is 23.1 Å². The fraction of sp³-hybridized carbons (Fsp3) is 0.625. The van der Waals surface area contributed by atoms with Gasteiger partial charge in [-0.25, -0.2) is 0 Å². The smallest absolute Gasteiger partial charge is 0.368 e. The van der Waals surface area contributed by atoms with Crippen molar-refractivity contribution in [1.82, 2.24) is 10.2 Å². The van der Waals surface area contributed by atoms with E-state index in [1.165, 1.54) is 0 Å². The van der Waals surface area contributed by atoms with Gasteiger partial charge in [-0.15, -0.1) is 10.2 Å². The van der Waals surface area contributed by atoms with Crippen LogP contribution in [0.1, 0.15) is 18.9 Å². The number of primary amides is 1. The highest BCUT2D eigenvalue weighted by molar-refractivity contribution is 7.15. The number of nitrogens with two attached hydrogens (primary N) is 1. The maximum atomic E-state index is 12.2. The Bertz CT molecular complexity index is 404. The molecule has 0 aliphatic rings. The van der Waals surface area contributed by atoms with Crippen molar-refractivity contribution < 1.29 is 18.0 Å². The molecule has 1 aromatic rings. The maximum absolute atomic E-state index is 12.2. The number of nitrogens with one attached hydrogen (secondary N) is 1. The third-order valence-corrected chi connectivity index (χ3v) is 2.82. The summed E-state index contributed by atoms with van der Waals surface area (Å²) < 4.78 is 36.7. The lowest BCUT2D eigenvalue weighted by Crippen LogP contribution is -2.39. The van der Waals surface area contributed by atoms with Crippen molar-refractivity contribution >= 4 is 22.4 Å². The van der Waals surface area contributed by atoms with Gasteiger partial charge in [-0.3, -0.25) is 4.79 Å². The van der Waals surface area contributed by atoms with Gasteiger partial charge >= 0.3 is 6.18 Å². The Morgan fingerprint density at radius 1 is 1.41 bits per heavy atom. The first-order valence-corrected chi connectivity index (χ1v) is 5.50. The van der Waals surface area contributed by atoms with Crippen LogP contribution in [0.2, 0.25) is 0 Å². The Kier molecular flexibility index (Phi) is 3.91. The highest BCUT2D eigenvalue weighted by Crippen LogP contribution is 2.33. The molecule has 0 aliphatic carbocycles. The van der Waals surface area contributed by atoms with Crippen molar-refractivity contribution in [1.29, 1.82) is 0 Å². The summed E-state index contributed by atoms with van der Waals surface area (Å²) in [5, 5.41) is 7.71. The Balaban J connectivity index is 2.81. The molecular formula is C8H11F3N4OS. The van der Waals surface area contributed by atoms with Crippen molar-refractivity contribution in [2.75, 3.05) is 5.32 Å². The van der Waals surface area contributed by atoms with Gasteiger partial charge in [-0.2, -0.15) is 13.2 Å². The number of rotatable bonds is 4. The van der Waals surface area contributed by atoms with E-state index >= 15 is 0 Å². The van der Waals surface area contributed by atoms with E-state index in [0.717, 1.165) is 0 Å². The number of amides is 1. The second kappa shape index (κ2) is 4.86. The van der Waals surface area contributed by atoms with Crippen molar-refractivity contribution in [2.24, 2.45) is 11.7 Å². The summed E-state index contributed by atoms with van der Waals surface area (Å²) in [5.41, 5.74) is 5.11. The summed E-state index contributed by atoms with van der Waals surface area (Å²) in [7, 11) is 0. The van der Waals surface area contributed by atoms with Crippen LogP contribution in [0.3, 0.4) is 0 Å². The third-order valence-electron chi connectivity index (χ3n) is 1.92. The topological polar surface area (TPSA) is 80.9 Å². The summed E-state index contributed by atoms with van der Waals surface area (Å²) in [5.74, 6) is -0.811. The number of hydrogen-bond donors (Lipinski definition) is 2. The minimum absolute atomic E-state index is 0.0742. The van der Waals surface area contributed by atoms with E-state index in [1.807, 2.05) is 0 Å². The minimum Gasteiger partial charge on any atom is -0.368 e. The van der Waals surface area contributed by atoms with Gasteiger partial charge in [-0.05, 0) is 5.92 Å². The molecule has 0 aliphatic heterocycles. The van der Waals surface area contributed by atoms with Crippen molar-refractivity contribution in [3.8, 4) is 0 Å². The third kappa shape index (κ3) is 3.55. The molecule has 0 saturated carbocycles. The molecule has 1 rings (SSSR count). The predicted octanol–water partition coefficient (Wildman–Crippen LogP) is 1.48. The molecule has 0 fully saturated rings. The van der Waals surface area contributed by atoms with E-state index in [1.54, 1.807) is 13.8 Å². The van der Waals surface area contributed by atoms with Crippen LogP contribution < -0.4 is 11.1 Å². The van der Waals surface area contributed by atoms with Crippen molar-refractivity contribution in [3.05, 3.63) is 5.01 Å². The number of carbonyl (C=O) groups excluding carboxylic acids is 1. The molecule has 0 bridgehead atoms. The Morgan fingerprint density at radius 2 is 2.00 bits per heavy atom. The lowest BCUT2D eigenvalue weighted by atomic mass is 10.0. The zero-order chi connectivity index (χ0) is 13.2. The van der Waals surface area contributed by atoms with Crippen LogP contribution in [-0.4, -0.2) is 22.1 Å². The van der Waals surface area contributed by atoms with E-state index in [-0.39, 0.29) is 11.0 Å². The number of anilines is 1. The molecule has 1 aromatic heterocycles. The van der Waals surface area contributed by atoms with Gasteiger partial charge < -0.3 is 11.1 Å². The molecule has 1 heterocycles. The summed E-state index contributed by atoms with van der Waals surface area (Å²) in [4.78, 5) is 11.0. The Morgan fingerprint density at radius 3 is 2.35 bits per heavy atom. The van der Waals surface area contributed by atoms with Gasteiger partial charge in [0.25, 0.3) is 0 Å². The minimum atomic E-state index is -4.53. The molecule has 1 atom stereocenters. The van der Waals surface area contributed by atoms with Gasteiger partial charge in [0.1, 0.15) is 6.04 Å². The van der Waals surface area contributed by atoms with Crippen LogP contribution in [-0.2, 0) is 11.0 Å². The average molecular weight is 268 g/mol. The quantitative estimate of drug-likeness (QED) is 0.866. The van der Waals surface area contributed by atoms with Crippen LogP contribution in [0.5, 0.6) is 0 Å². The lowest BCUT2D eigenvalue weighted by Gasteiger charge is -2.17. The molecule has 1 amide bonds. The maximum Gasteiger partial charge on any atom is 0.445 e. The van der Waals surface area contributed by atoms with Gasteiger partial charge in [0, 0.05) is 0 Å². The van der Waals surface area contributed by atoms with E-state index in [9.17, 15) is 18.0 Å². The molecule has 5 nitrogen and oxygen atoms in total. The molecule has 9 heteroatoms. The normalized spacial score (nSPS) is 13.8. The van der Waals surface area contributed by atoms with E-state index in [4.69, 9.17) is 5.73 Å². The first kappa shape index (κ1) is 13.7. The number of aromatic nitrogens is 2. The number of alkyl halides is 3. The summed E-state index contributed by atoms with van der Waals surface area (Å²) >= 11 is 0.337. The Hall–Kier alpha value is -1.38. The fourth-order valence-corrected chi connectivity index (χ4v) is 1.74. The first-order chi connectivity index (χ1) is 7.71. The summed E-state index contributed by atoms with van der Waals surface area (Å²) in [6.07, 6.45) is -4.53. The number of halogens is 3. The highest BCUT2D eigenvalue weighted by atomic mass is 32.1. The Labute approximate surface area is 99.2 Å². The monoisotopic (exact) mass is 268 g/mol. The highest BCUT2D eigenvalue weighted by Gasteiger charge is 2.36. The van der Waals surface area contributed by atoms with Gasteiger partial charge in [0.2, 0.25) is 16.0 Å². The number of carbonyl (C=O) groups is 1. The molecule has 3 N–H and O–H groups in total. The van der Waals surface area contributed by atoms with Crippen LogP contribution in [0.4, 0.5) is 18.3 Å². The second-order valence-corrected chi connectivity index (χ2v) is 4.66. The largest absolute Gasteiger partial charge is 0.445 e. The molecule has 0 saturated heterocycles. The lowest BCUT2D eigenvalue weighted by molar-refractivity contribution is -0.138. The summed E-state index contributed by atoms with van der Waals surface area (Å²) in [6.45, 7) is 3.43. The van der Waals surface area contributed by atoms with Crippen LogP contribution >= 0.6 is 11.3 Å². The molecule has 96 valence electrons. The predicted molar refractivity (Wildman–Crippen MR) is 56.4 cm³/mol. The number of hydrogen-bond acceptors (Lipinski definition) is 5.